The Morgan fingerprint density at radius 2 is 1.86 bits per heavy atom. The van der Waals surface area contributed by atoms with E-state index in [4.69, 9.17) is 0 Å². The molecule has 0 radical (unpaired) electrons. The Morgan fingerprint density at radius 1 is 1.29 bits per heavy atom. The van der Waals surface area contributed by atoms with Crippen molar-refractivity contribution in [3.8, 4) is 17.2 Å². The minimum absolute atomic E-state index is 0.139. The molecule has 0 atom stereocenters. The van der Waals surface area contributed by atoms with E-state index in [9.17, 15) is 20.1 Å². The van der Waals surface area contributed by atoms with Gasteiger partial charge < -0.3 is 15.3 Å². The molecule has 0 spiro atoms. The van der Waals surface area contributed by atoms with Crippen LogP contribution in [0.2, 0.25) is 0 Å². The number of phenolic OH excluding ortho intramolecular Hbond substituents is 3. The molecule has 1 aromatic carbocycles. The third-order valence-corrected chi connectivity index (χ3v) is 2.07. The quantitative estimate of drug-likeness (QED) is 0.627. The highest BCUT2D eigenvalue weighted by Gasteiger charge is 2.18. The molecular weight excluding hydrogens is 184 g/mol. The van der Waals surface area contributed by atoms with Gasteiger partial charge in [0.25, 0.3) is 0 Å². The van der Waals surface area contributed by atoms with Crippen LogP contribution in [0, 0.1) is 0 Å². The molecule has 0 aliphatic heterocycles. The number of Topliss-reactive ketones (excluding diaryl/α,β-unsaturated/α-hetero) is 1. The number of phenols is 3. The van der Waals surface area contributed by atoms with Crippen LogP contribution in [-0.2, 0) is 6.42 Å². The van der Waals surface area contributed by atoms with Gasteiger partial charge in [0.15, 0.2) is 5.78 Å². The van der Waals surface area contributed by atoms with Crippen molar-refractivity contribution in [2.45, 2.75) is 20.3 Å². The van der Waals surface area contributed by atoms with Crippen molar-refractivity contribution in [1.82, 2.24) is 0 Å². The van der Waals surface area contributed by atoms with E-state index in [0.717, 1.165) is 6.07 Å². The van der Waals surface area contributed by atoms with Gasteiger partial charge in [-0.25, -0.2) is 0 Å². The van der Waals surface area contributed by atoms with Crippen molar-refractivity contribution in [1.29, 1.82) is 0 Å². The molecule has 0 aliphatic carbocycles. The molecule has 1 rings (SSSR count). The van der Waals surface area contributed by atoms with Gasteiger partial charge in [0.1, 0.15) is 22.8 Å². The predicted octanol–water partition coefficient (Wildman–Crippen LogP) is 1.57. The summed E-state index contributed by atoms with van der Waals surface area (Å²) in [6, 6.07) is 1.06. The van der Waals surface area contributed by atoms with Crippen LogP contribution in [0.25, 0.3) is 0 Å². The Labute approximate surface area is 81.4 Å². The molecule has 0 aliphatic rings. The van der Waals surface area contributed by atoms with Crippen LogP contribution in [0.15, 0.2) is 6.07 Å². The van der Waals surface area contributed by atoms with Gasteiger partial charge in [-0.05, 0) is 13.3 Å². The van der Waals surface area contributed by atoms with Crippen LogP contribution in [-0.4, -0.2) is 21.1 Å². The molecule has 0 saturated heterocycles. The molecule has 0 heterocycles. The minimum Gasteiger partial charge on any atom is -0.507 e. The second-order valence-corrected chi connectivity index (χ2v) is 3.03. The summed E-state index contributed by atoms with van der Waals surface area (Å²) in [6.07, 6.45) is 0.387. The molecule has 0 amide bonds. The van der Waals surface area contributed by atoms with Crippen LogP contribution < -0.4 is 0 Å². The zero-order valence-electron chi connectivity index (χ0n) is 8.03. The van der Waals surface area contributed by atoms with Crippen molar-refractivity contribution in [2.75, 3.05) is 0 Å². The number of carbonyl (C=O) groups excluding carboxylic acids is 1. The van der Waals surface area contributed by atoms with E-state index in [0.29, 0.717) is 6.42 Å². The molecule has 0 saturated carbocycles. The SMILES string of the molecule is CCc1c(O)cc(O)c(C(C)=O)c1O. The highest BCUT2D eigenvalue weighted by Crippen LogP contribution is 2.37. The first-order valence-corrected chi connectivity index (χ1v) is 4.26. The van der Waals surface area contributed by atoms with E-state index in [-0.39, 0.29) is 22.6 Å². The number of carbonyl (C=O) groups is 1. The lowest BCUT2D eigenvalue weighted by Crippen LogP contribution is -1.97. The molecule has 0 bridgehead atoms. The van der Waals surface area contributed by atoms with E-state index >= 15 is 0 Å². The topological polar surface area (TPSA) is 77.8 Å². The standard InChI is InChI=1S/C10H12O4/c1-3-6-7(12)4-8(13)9(5(2)11)10(6)14/h4,12-14H,3H2,1-2H3. The Hall–Kier alpha value is -1.71. The molecular formula is C10H12O4. The van der Waals surface area contributed by atoms with E-state index in [2.05, 4.69) is 0 Å². The van der Waals surface area contributed by atoms with E-state index in [1.807, 2.05) is 0 Å². The summed E-state index contributed by atoms with van der Waals surface area (Å²) < 4.78 is 0. The molecule has 14 heavy (non-hydrogen) atoms. The summed E-state index contributed by atoms with van der Waals surface area (Å²) >= 11 is 0. The molecule has 4 heteroatoms. The van der Waals surface area contributed by atoms with Gasteiger partial charge in [0.2, 0.25) is 0 Å². The van der Waals surface area contributed by atoms with Gasteiger partial charge in [-0.1, -0.05) is 6.92 Å². The van der Waals surface area contributed by atoms with E-state index in [1.54, 1.807) is 6.92 Å². The Bertz CT molecular complexity index is 382. The first-order valence-electron chi connectivity index (χ1n) is 4.26. The third kappa shape index (κ3) is 1.51. The predicted molar refractivity (Wildman–Crippen MR) is 50.8 cm³/mol. The maximum Gasteiger partial charge on any atom is 0.167 e. The van der Waals surface area contributed by atoms with Gasteiger partial charge in [-0.2, -0.15) is 0 Å². The lowest BCUT2D eigenvalue weighted by Gasteiger charge is -2.10. The van der Waals surface area contributed by atoms with Crippen LogP contribution in [0.1, 0.15) is 29.8 Å². The van der Waals surface area contributed by atoms with Crippen molar-refractivity contribution in [3.63, 3.8) is 0 Å². The lowest BCUT2D eigenvalue weighted by molar-refractivity contribution is 0.101. The summed E-state index contributed by atoms with van der Waals surface area (Å²) in [4.78, 5) is 11.1. The fraction of sp³-hybridized carbons (Fsp3) is 0.300. The van der Waals surface area contributed by atoms with Crippen molar-refractivity contribution >= 4 is 5.78 Å². The molecule has 0 unspecified atom stereocenters. The highest BCUT2D eigenvalue weighted by molar-refractivity contribution is 6.00. The first-order chi connectivity index (χ1) is 6.49. The summed E-state index contributed by atoms with van der Waals surface area (Å²) in [5.74, 6) is -1.37. The first kappa shape index (κ1) is 10.4. The third-order valence-electron chi connectivity index (χ3n) is 2.07. The number of hydrogen-bond donors (Lipinski definition) is 3. The molecule has 76 valence electrons. The second kappa shape index (κ2) is 3.57. The normalized spacial score (nSPS) is 10.1. The zero-order valence-corrected chi connectivity index (χ0v) is 8.03. The zero-order chi connectivity index (χ0) is 10.9. The minimum atomic E-state index is -0.435. The smallest absolute Gasteiger partial charge is 0.167 e. The molecule has 0 fully saturated rings. The Kier molecular flexibility index (Phi) is 2.65. The largest absolute Gasteiger partial charge is 0.507 e. The molecule has 0 aromatic heterocycles. The average molecular weight is 196 g/mol. The van der Waals surface area contributed by atoms with Crippen LogP contribution in [0.4, 0.5) is 0 Å². The number of benzene rings is 1. The maximum absolute atomic E-state index is 11.1. The number of hydrogen-bond acceptors (Lipinski definition) is 4. The van der Waals surface area contributed by atoms with Crippen molar-refractivity contribution in [2.24, 2.45) is 0 Å². The van der Waals surface area contributed by atoms with E-state index in [1.165, 1.54) is 6.92 Å². The Balaban J connectivity index is 3.52. The second-order valence-electron chi connectivity index (χ2n) is 3.03. The summed E-state index contributed by atoms with van der Waals surface area (Å²) in [5.41, 5.74) is 0.132. The lowest BCUT2D eigenvalue weighted by atomic mass is 10.0. The average Bonchev–Trinajstić information content (AvgIpc) is 2.02. The van der Waals surface area contributed by atoms with Gasteiger partial charge in [-0.15, -0.1) is 0 Å². The number of rotatable bonds is 2. The molecule has 4 nitrogen and oxygen atoms in total. The van der Waals surface area contributed by atoms with Crippen LogP contribution >= 0.6 is 0 Å². The number of ketones is 1. The van der Waals surface area contributed by atoms with Crippen molar-refractivity contribution in [3.05, 3.63) is 17.2 Å². The van der Waals surface area contributed by atoms with Gasteiger partial charge in [0, 0.05) is 11.6 Å². The van der Waals surface area contributed by atoms with Crippen molar-refractivity contribution < 1.29 is 20.1 Å². The highest BCUT2D eigenvalue weighted by atomic mass is 16.3. The summed E-state index contributed by atoms with van der Waals surface area (Å²) in [6.45, 7) is 2.97. The maximum atomic E-state index is 11.1. The summed E-state index contributed by atoms with van der Waals surface area (Å²) in [5, 5.41) is 28.2. The fourth-order valence-electron chi connectivity index (χ4n) is 1.38. The van der Waals surface area contributed by atoms with Gasteiger partial charge in [0.05, 0.1) is 0 Å². The van der Waals surface area contributed by atoms with Gasteiger partial charge >= 0.3 is 0 Å². The fourth-order valence-corrected chi connectivity index (χ4v) is 1.38. The molecule has 1 aromatic rings. The van der Waals surface area contributed by atoms with Crippen LogP contribution in [0.3, 0.4) is 0 Å². The summed E-state index contributed by atoms with van der Waals surface area (Å²) in [7, 11) is 0. The Morgan fingerprint density at radius 3 is 2.29 bits per heavy atom. The monoisotopic (exact) mass is 196 g/mol. The number of aromatic hydroxyl groups is 3. The van der Waals surface area contributed by atoms with E-state index < -0.39 is 11.5 Å². The molecule has 3 N–H and O–H groups in total. The van der Waals surface area contributed by atoms with Crippen LogP contribution in [0.5, 0.6) is 17.2 Å². The van der Waals surface area contributed by atoms with Gasteiger partial charge in [-0.3, -0.25) is 4.79 Å².